The fourth-order valence-corrected chi connectivity index (χ4v) is 1.66. The number of carboxylic acid groups (broad SMARTS) is 1. The Balaban J connectivity index is 2.18. The second-order valence-electron chi connectivity index (χ2n) is 4.39. The number of amides is 2. The SMILES string of the molecule is CN(CCCC(=O)O)C(=O)NCCc1ccccc1. The number of carbonyl (C=O) groups is 2. The lowest BCUT2D eigenvalue weighted by atomic mass is 10.1. The highest BCUT2D eigenvalue weighted by Crippen LogP contribution is 1.99. The molecule has 0 aliphatic carbocycles. The van der Waals surface area contributed by atoms with Crippen molar-refractivity contribution in [3.8, 4) is 0 Å². The van der Waals surface area contributed by atoms with Gasteiger partial charge in [-0.1, -0.05) is 30.3 Å². The lowest BCUT2D eigenvalue weighted by molar-refractivity contribution is -0.137. The largest absolute Gasteiger partial charge is 0.481 e. The Morgan fingerprint density at radius 3 is 2.58 bits per heavy atom. The zero-order valence-corrected chi connectivity index (χ0v) is 11.1. The van der Waals surface area contributed by atoms with Crippen molar-refractivity contribution in [3.05, 3.63) is 35.9 Å². The molecule has 2 amide bonds. The van der Waals surface area contributed by atoms with Gasteiger partial charge in [0.05, 0.1) is 0 Å². The molecule has 2 N–H and O–H groups in total. The van der Waals surface area contributed by atoms with Crippen molar-refractivity contribution in [2.75, 3.05) is 20.1 Å². The predicted octanol–water partition coefficient (Wildman–Crippen LogP) is 1.74. The van der Waals surface area contributed by atoms with Crippen LogP contribution in [0.3, 0.4) is 0 Å². The summed E-state index contributed by atoms with van der Waals surface area (Å²) in [5.41, 5.74) is 1.18. The van der Waals surface area contributed by atoms with Crippen molar-refractivity contribution in [1.29, 1.82) is 0 Å². The molecule has 0 atom stereocenters. The van der Waals surface area contributed by atoms with Gasteiger partial charge < -0.3 is 15.3 Å². The second kappa shape index (κ2) is 8.13. The van der Waals surface area contributed by atoms with E-state index in [4.69, 9.17) is 5.11 Å². The number of carbonyl (C=O) groups excluding carboxylic acids is 1. The first-order valence-corrected chi connectivity index (χ1v) is 6.34. The van der Waals surface area contributed by atoms with Crippen LogP contribution >= 0.6 is 0 Å². The highest BCUT2D eigenvalue weighted by atomic mass is 16.4. The minimum atomic E-state index is -0.835. The molecule has 0 aromatic heterocycles. The van der Waals surface area contributed by atoms with Gasteiger partial charge >= 0.3 is 12.0 Å². The van der Waals surface area contributed by atoms with Crippen LogP contribution in [0.4, 0.5) is 4.79 Å². The quantitative estimate of drug-likeness (QED) is 0.788. The summed E-state index contributed by atoms with van der Waals surface area (Å²) in [5, 5.41) is 11.3. The average Bonchev–Trinajstić information content (AvgIpc) is 2.39. The summed E-state index contributed by atoms with van der Waals surface area (Å²) in [7, 11) is 1.67. The van der Waals surface area contributed by atoms with Gasteiger partial charge in [-0.05, 0) is 18.4 Å². The topological polar surface area (TPSA) is 69.6 Å². The van der Waals surface area contributed by atoms with E-state index < -0.39 is 5.97 Å². The van der Waals surface area contributed by atoms with Crippen LogP contribution in [0.15, 0.2) is 30.3 Å². The smallest absolute Gasteiger partial charge is 0.317 e. The van der Waals surface area contributed by atoms with E-state index in [9.17, 15) is 9.59 Å². The minimum Gasteiger partial charge on any atom is -0.481 e. The Morgan fingerprint density at radius 1 is 1.26 bits per heavy atom. The second-order valence-corrected chi connectivity index (χ2v) is 4.39. The number of urea groups is 1. The molecule has 5 nitrogen and oxygen atoms in total. The molecule has 0 aliphatic rings. The molecule has 0 saturated heterocycles. The summed E-state index contributed by atoms with van der Waals surface area (Å²) in [6.07, 6.45) is 1.34. The number of rotatable bonds is 7. The van der Waals surface area contributed by atoms with E-state index in [1.54, 1.807) is 7.05 Å². The number of carboxylic acids is 1. The maximum atomic E-state index is 11.7. The number of nitrogens with zero attached hydrogens (tertiary/aromatic N) is 1. The Bertz CT molecular complexity index is 406. The molecule has 0 saturated carbocycles. The Kier molecular flexibility index (Phi) is 6.43. The summed E-state index contributed by atoms with van der Waals surface area (Å²) >= 11 is 0. The molecule has 0 radical (unpaired) electrons. The zero-order chi connectivity index (χ0) is 14.1. The number of hydrogen-bond donors (Lipinski definition) is 2. The third-order valence-electron chi connectivity index (χ3n) is 2.76. The molecule has 1 rings (SSSR count). The van der Waals surface area contributed by atoms with E-state index in [0.29, 0.717) is 19.5 Å². The lowest BCUT2D eigenvalue weighted by Gasteiger charge is -2.17. The fraction of sp³-hybridized carbons (Fsp3) is 0.429. The summed E-state index contributed by atoms with van der Waals surface area (Å²) in [4.78, 5) is 23.5. The van der Waals surface area contributed by atoms with E-state index in [2.05, 4.69) is 5.32 Å². The molecule has 0 spiro atoms. The van der Waals surface area contributed by atoms with Gasteiger partial charge in [-0.25, -0.2) is 4.79 Å². The molecular weight excluding hydrogens is 244 g/mol. The van der Waals surface area contributed by atoms with Crippen molar-refractivity contribution in [1.82, 2.24) is 10.2 Å². The predicted molar refractivity (Wildman–Crippen MR) is 73.0 cm³/mol. The average molecular weight is 264 g/mol. The standard InChI is InChI=1S/C14H20N2O3/c1-16(11-5-8-13(17)18)14(19)15-10-9-12-6-3-2-4-7-12/h2-4,6-7H,5,8-11H2,1H3,(H,15,19)(H,17,18). The van der Waals surface area contributed by atoms with Crippen molar-refractivity contribution in [2.24, 2.45) is 0 Å². The van der Waals surface area contributed by atoms with Gasteiger partial charge in [0.25, 0.3) is 0 Å². The van der Waals surface area contributed by atoms with E-state index in [1.807, 2.05) is 30.3 Å². The van der Waals surface area contributed by atoms with Crippen LogP contribution in [0.1, 0.15) is 18.4 Å². The molecule has 0 bridgehead atoms. The molecule has 0 fully saturated rings. The van der Waals surface area contributed by atoms with Crippen LogP contribution in [0.5, 0.6) is 0 Å². The molecular formula is C14H20N2O3. The third kappa shape index (κ3) is 6.45. The first kappa shape index (κ1) is 15.0. The van der Waals surface area contributed by atoms with E-state index >= 15 is 0 Å². The maximum absolute atomic E-state index is 11.7. The van der Waals surface area contributed by atoms with Crippen LogP contribution in [0, 0.1) is 0 Å². The first-order chi connectivity index (χ1) is 9.09. The van der Waals surface area contributed by atoms with Crippen LogP contribution < -0.4 is 5.32 Å². The third-order valence-corrected chi connectivity index (χ3v) is 2.76. The molecule has 19 heavy (non-hydrogen) atoms. The van der Waals surface area contributed by atoms with Gasteiger partial charge in [0.15, 0.2) is 0 Å². The number of nitrogens with one attached hydrogen (secondary N) is 1. The van der Waals surface area contributed by atoms with Gasteiger partial charge in [0.2, 0.25) is 0 Å². The van der Waals surface area contributed by atoms with Crippen molar-refractivity contribution < 1.29 is 14.7 Å². The zero-order valence-electron chi connectivity index (χ0n) is 11.1. The summed E-state index contributed by atoms with van der Waals surface area (Å²) in [6, 6.07) is 9.76. The molecule has 1 aromatic carbocycles. The van der Waals surface area contributed by atoms with Crippen LogP contribution in [-0.2, 0) is 11.2 Å². The van der Waals surface area contributed by atoms with Gasteiger partial charge in [0.1, 0.15) is 0 Å². The van der Waals surface area contributed by atoms with Crippen LogP contribution in [0.2, 0.25) is 0 Å². The highest BCUT2D eigenvalue weighted by Gasteiger charge is 2.08. The van der Waals surface area contributed by atoms with E-state index in [-0.39, 0.29) is 12.5 Å². The Labute approximate surface area is 113 Å². The van der Waals surface area contributed by atoms with Crippen molar-refractivity contribution in [2.45, 2.75) is 19.3 Å². The van der Waals surface area contributed by atoms with Crippen LogP contribution in [-0.4, -0.2) is 42.1 Å². The molecule has 5 heteroatoms. The van der Waals surface area contributed by atoms with Gasteiger partial charge in [0, 0.05) is 26.6 Å². The minimum absolute atomic E-state index is 0.0850. The number of hydrogen-bond acceptors (Lipinski definition) is 2. The van der Waals surface area contributed by atoms with Gasteiger partial charge in [-0.2, -0.15) is 0 Å². The Morgan fingerprint density at radius 2 is 1.95 bits per heavy atom. The van der Waals surface area contributed by atoms with Crippen molar-refractivity contribution in [3.63, 3.8) is 0 Å². The van der Waals surface area contributed by atoms with Gasteiger partial charge in [-0.15, -0.1) is 0 Å². The molecule has 0 unspecified atom stereocenters. The summed E-state index contributed by atoms with van der Waals surface area (Å²) in [6.45, 7) is 1.02. The van der Waals surface area contributed by atoms with Crippen molar-refractivity contribution >= 4 is 12.0 Å². The first-order valence-electron chi connectivity index (χ1n) is 6.34. The molecule has 1 aromatic rings. The van der Waals surface area contributed by atoms with Crippen LogP contribution in [0.25, 0.3) is 0 Å². The molecule has 104 valence electrons. The number of benzene rings is 1. The van der Waals surface area contributed by atoms with Gasteiger partial charge in [-0.3, -0.25) is 4.79 Å². The summed E-state index contributed by atoms with van der Waals surface area (Å²) in [5.74, 6) is -0.835. The number of aliphatic carboxylic acids is 1. The molecule has 0 heterocycles. The monoisotopic (exact) mass is 264 g/mol. The molecule has 0 aliphatic heterocycles. The van der Waals surface area contributed by atoms with E-state index in [1.165, 1.54) is 10.5 Å². The Hall–Kier alpha value is -2.04. The lowest BCUT2D eigenvalue weighted by Crippen LogP contribution is -2.38. The van der Waals surface area contributed by atoms with E-state index in [0.717, 1.165) is 6.42 Å². The maximum Gasteiger partial charge on any atom is 0.317 e. The highest BCUT2D eigenvalue weighted by molar-refractivity contribution is 5.73. The summed E-state index contributed by atoms with van der Waals surface area (Å²) < 4.78 is 0. The normalized spacial score (nSPS) is 9.95. The fourth-order valence-electron chi connectivity index (χ4n) is 1.66.